The summed E-state index contributed by atoms with van der Waals surface area (Å²) in [5.41, 5.74) is 0. The van der Waals surface area contributed by atoms with Crippen LogP contribution in [0, 0.1) is 5.92 Å². The largest absolute Gasteiger partial charge is 0.447 e. The molecule has 0 N–H and O–H groups in total. The number of carbonyl (C=O) groups is 1. The summed E-state index contributed by atoms with van der Waals surface area (Å²) in [5, 5.41) is 0. The van der Waals surface area contributed by atoms with Crippen molar-refractivity contribution in [1.82, 2.24) is 4.90 Å². The van der Waals surface area contributed by atoms with Crippen LogP contribution in [0.15, 0.2) is 0 Å². The second-order valence-corrected chi connectivity index (χ2v) is 11.4. The van der Waals surface area contributed by atoms with Gasteiger partial charge < -0.3 is 4.74 Å². The number of hydrogen-bond donors (Lipinski definition) is 0. The highest BCUT2D eigenvalue weighted by molar-refractivity contribution is 5.70. The molecule has 1 rings (SSSR count). The van der Waals surface area contributed by atoms with Crippen molar-refractivity contribution in [2.24, 2.45) is 5.92 Å². The Kier molecular flexibility index (Phi) is 20.7. The van der Waals surface area contributed by atoms with E-state index in [1.165, 1.54) is 148 Å². The van der Waals surface area contributed by atoms with Gasteiger partial charge in [0.05, 0.1) is 6.04 Å². The van der Waals surface area contributed by atoms with E-state index in [1.807, 2.05) is 0 Å². The summed E-state index contributed by atoms with van der Waals surface area (Å²) < 4.78 is 5.79. The van der Waals surface area contributed by atoms with Gasteiger partial charge in [-0.2, -0.15) is 0 Å². The van der Waals surface area contributed by atoms with E-state index in [9.17, 15) is 4.79 Å². The molecule has 3 heteroatoms. The average Bonchev–Trinajstić information content (AvgIpc) is 3.24. The molecule has 1 amide bonds. The number of hydrogen-bond acceptors (Lipinski definition) is 2. The summed E-state index contributed by atoms with van der Waals surface area (Å²) in [4.78, 5) is 15.4. The molecule has 3 nitrogen and oxygen atoms in total. The Bertz CT molecular complexity index is 468. The fraction of sp³-hybridized carbons (Fsp3) is 0.969. The van der Waals surface area contributed by atoms with Crippen molar-refractivity contribution in [3.8, 4) is 0 Å². The van der Waals surface area contributed by atoms with Crippen molar-refractivity contribution in [1.29, 1.82) is 0 Å². The third-order valence-corrected chi connectivity index (χ3v) is 8.27. The Hall–Kier alpha value is -0.730. The molecule has 2 unspecified atom stereocenters. The zero-order valence-corrected chi connectivity index (χ0v) is 24.5. The van der Waals surface area contributed by atoms with Crippen LogP contribution in [0.5, 0.6) is 0 Å². The SMILES string of the molecule is CCCCCCCCC(CCCCCCC)N1C(=O)OCC1C(CCCCCC)CCCCCC. The number of carbonyl (C=O) groups excluding carboxylic acids is 1. The fourth-order valence-electron chi connectivity index (χ4n) is 5.99. The summed E-state index contributed by atoms with van der Waals surface area (Å²) in [5.74, 6) is 0.613. The molecule has 1 saturated heterocycles. The van der Waals surface area contributed by atoms with Crippen molar-refractivity contribution >= 4 is 6.09 Å². The first-order valence-corrected chi connectivity index (χ1v) is 16.1. The van der Waals surface area contributed by atoms with Gasteiger partial charge in [-0.25, -0.2) is 4.79 Å². The van der Waals surface area contributed by atoms with Gasteiger partial charge in [0.1, 0.15) is 6.61 Å². The van der Waals surface area contributed by atoms with Crippen LogP contribution in [0.2, 0.25) is 0 Å². The molecule has 0 aromatic heterocycles. The van der Waals surface area contributed by atoms with Crippen molar-refractivity contribution in [2.75, 3.05) is 6.61 Å². The summed E-state index contributed by atoms with van der Waals surface area (Å²) in [6.45, 7) is 9.79. The molecule has 35 heavy (non-hydrogen) atoms. The minimum absolute atomic E-state index is 0.00772. The predicted molar refractivity (Wildman–Crippen MR) is 153 cm³/mol. The highest BCUT2D eigenvalue weighted by atomic mass is 16.6. The first-order valence-electron chi connectivity index (χ1n) is 16.1. The quantitative estimate of drug-likeness (QED) is 0.118. The summed E-state index contributed by atoms with van der Waals surface area (Å²) >= 11 is 0. The molecule has 0 saturated carbocycles. The van der Waals surface area contributed by atoms with Gasteiger partial charge in [-0.05, 0) is 31.6 Å². The third-order valence-electron chi connectivity index (χ3n) is 8.27. The maximum absolute atomic E-state index is 13.1. The monoisotopic (exact) mass is 493 g/mol. The van der Waals surface area contributed by atoms with E-state index >= 15 is 0 Å². The van der Waals surface area contributed by atoms with Crippen LogP contribution in [0.3, 0.4) is 0 Å². The van der Waals surface area contributed by atoms with Crippen LogP contribution in [-0.2, 0) is 4.74 Å². The first kappa shape index (κ1) is 32.3. The molecule has 2 atom stereocenters. The van der Waals surface area contributed by atoms with Crippen LogP contribution >= 0.6 is 0 Å². The van der Waals surface area contributed by atoms with E-state index in [0.717, 1.165) is 0 Å². The molecule has 1 aliphatic rings. The molecule has 0 radical (unpaired) electrons. The van der Waals surface area contributed by atoms with Gasteiger partial charge in [0.2, 0.25) is 0 Å². The van der Waals surface area contributed by atoms with Crippen LogP contribution in [0.25, 0.3) is 0 Å². The second kappa shape index (κ2) is 22.5. The lowest BCUT2D eigenvalue weighted by molar-refractivity contribution is 0.122. The zero-order chi connectivity index (χ0) is 25.6. The predicted octanol–water partition coefficient (Wildman–Crippen LogP) is 10.8. The molecule has 0 aromatic carbocycles. The Labute approximate surface area is 220 Å². The number of ether oxygens (including phenoxy) is 1. The Morgan fingerprint density at radius 1 is 0.600 bits per heavy atom. The second-order valence-electron chi connectivity index (χ2n) is 11.4. The average molecular weight is 494 g/mol. The minimum Gasteiger partial charge on any atom is -0.447 e. The fourth-order valence-corrected chi connectivity index (χ4v) is 5.99. The lowest BCUT2D eigenvalue weighted by Crippen LogP contribution is -2.46. The normalized spacial score (nSPS) is 16.9. The Morgan fingerprint density at radius 3 is 1.43 bits per heavy atom. The molecule has 0 bridgehead atoms. The van der Waals surface area contributed by atoms with Crippen molar-refractivity contribution in [3.63, 3.8) is 0 Å². The molecular formula is C32H63NO2. The summed E-state index contributed by atoms with van der Waals surface area (Å²) in [6.07, 6.45) is 29.9. The van der Waals surface area contributed by atoms with Crippen molar-refractivity contribution < 1.29 is 9.53 Å². The van der Waals surface area contributed by atoms with Crippen LogP contribution in [0.1, 0.15) is 175 Å². The summed E-state index contributed by atoms with van der Waals surface area (Å²) in [7, 11) is 0. The maximum atomic E-state index is 13.1. The molecule has 208 valence electrons. The lowest BCUT2D eigenvalue weighted by atomic mass is 9.86. The highest BCUT2D eigenvalue weighted by Gasteiger charge is 2.41. The van der Waals surface area contributed by atoms with E-state index < -0.39 is 0 Å². The Balaban J connectivity index is 2.81. The molecule has 1 aliphatic heterocycles. The number of amides is 1. The number of rotatable bonds is 25. The van der Waals surface area contributed by atoms with Gasteiger partial charge in [0.25, 0.3) is 0 Å². The van der Waals surface area contributed by atoms with Crippen molar-refractivity contribution in [2.45, 2.75) is 187 Å². The van der Waals surface area contributed by atoms with E-state index in [-0.39, 0.29) is 6.09 Å². The van der Waals surface area contributed by atoms with Crippen LogP contribution in [-0.4, -0.2) is 29.7 Å². The number of cyclic esters (lactones) is 1. The zero-order valence-electron chi connectivity index (χ0n) is 24.5. The van der Waals surface area contributed by atoms with Gasteiger partial charge >= 0.3 is 6.09 Å². The third kappa shape index (κ3) is 14.6. The van der Waals surface area contributed by atoms with Crippen molar-refractivity contribution in [3.05, 3.63) is 0 Å². The van der Waals surface area contributed by atoms with E-state index in [0.29, 0.717) is 24.6 Å². The standard InChI is InChI=1S/C32H63NO2/c1-5-9-13-17-19-23-27-30(26-22-18-14-10-6-2)33-31(28-35-32(33)34)29(24-20-15-11-7-3)25-21-16-12-8-4/h29-31H,5-28H2,1-4H3. The topological polar surface area (TPSA) is 29.5 Å². The number of unbranched alkanes of at least 4 members (excludes halogenated alkanes) is 15. The minimum atomic E-state index is -0.00772. The summed E-state index contributed by atoms with van der Waals surface area (Å²) in [6, 6.07) is 0.697. The van der Waals surface area contributed by atoms with E-state index in [4.69, 9.17) is 4.74 Å². The Morgan fingerprint density at radius 2 is 0.971 bits per heavy atom. The molecule has 0 spiro atoms. The van der Waals surface area contributed by atoms with Gasteiger partial charge in [-0.3, -0.25) is 4.90 Å². The molecule has 0 aliphatic carbocycles. The van der Waals surface area contributed by atoms with Gasteiger partial charge in [0, 0.05) is 6.04 Å². The van der Waals surface area contributed by atoms with E-state index in [2.05, 4.69) is 32.6 Å². The van der Waals surface area contributed by atoms with E-state index in [1.54, 1.807) is 0 Å². The molecule has 0 aromatic rings. The highest BCUT2D eigenvalue weighted by Crippen LogP contribution is 2.33. The van der Waals surface area contributed by atoms with Gasteiger partial charge in [0.15, 0.2) is 0 Å². The molecular weight excluding hydrogens is 430 g/mol. The molecule has 1 heterocycles. The molecule has 1 fully saturated rings. The first-order chi connectivity index (χ1) is 17.2. The van der Waals surface area contributed by atoms with Gasteiger partial charge in [-0.1, -0.05) is 150 Å². The van der Waals surface area contributed by atoms with Crippen LogP contribution in [0.4, 0.5) is 4.79 Å². The maximum Gasteiger partial charge on any atom is 0.410 e. The van der Waals surface area contributed by atoms with Crippen LogP contribution < -0.4 is 0 Å². The number of nitrogens with zero attached hydrogens (tertiary/aromatic N) is 1. The lowest BCUT2D eigenvalue weighted by Gasteiger charge is -2.35. The smallest absolute Gasteiger partial charge is 0.410 e. The van der Waals surface area contributed by atoms with Gasteiger partial charge in [-0.15, -0.1) is 0 Å².